The zero-order valence-electron chi connectivity index (χ0n) is 12.9. The van der Waals surface area contributed by atoms with Gasteiger partial charge < -0.3 is 19.7 Å². The minimum absolute atomic E-state index is 0.162. The third kappa shape index (κ3) is 5.34. The van der Waals surface area contributed by atoms with Crippen LogP contribution in [-0.4, -0.2) is 44.3 Å². The van der Waals surface area contributed by atoms with Gasteiger partial charge in [-0.2, -0.15) is 4.98 Å². The Kier molecular flexibility index (Phi) is 5.76. The quantitative estimate of drug-likeness (QED) is 0.806. The highest BCUT2D eigenvalue weighted by Gasteiger charge is 2.17. The fourth-order valence-corrected chi connectivity index (χ4v) is 2.37. The number of thiazole rings is 1. The average molecular weight is 301 g/mol. The first-order valence-corrected chi connectivity index (χ1v) is 7.18. The lowest BCUT2D eigenvalue weighted by Gasteiger charge is -2.19. The van der Waals surface area contributed by atoms with Crippen LogP contribution in [0.4, 0.5) is 5.13 Å². The number of rotatable bonds is 6. The van der Waals surface area contributed by atoms with Gasteiger partial charge in [0.05, 0.1) is 18.5 Å². The molecule has 1 aromatic heterocycles. The van der Waals surface area contributed by atoms with Crippen molar-refractivity contribution < 1.29 is 14.3 Å². The minimum atomic E-state index is -0.459. The van der Waals surface area contributed by atoms with Gasteiger partial charge in [-0.05, 0) is 20.8 Å². The molecule has 0 atom stereocenters. The molecule has 0 bridgehead atoms. The number of esters is 1. The molecule has 6 nitrogen and oxygen atoms in total. The monoisotopic (exact) mass is 301 g/mol. The van der Waals surface area contributed by atoms with Crippen molar-refractivity contribution in [3.8, 4) is 5.88 Å². The van der Waals surface area contributed by atoms with Crippen LogP contribution in [0.3, 0.4) is 0 Å². The Morgan fingerprint density at radius 2 is 2.05 bits per heavy atom. The molecule has 20 heavy (non-hydrogen) atoms. The van der Waals surface area contributed by atoms with E-state index < -0.39 is 5.60 Å². The Hall–Kier alpha value is -1.34. The molecule has 7 heteroatoms. The second-order valence-electron chi connectivity index (χ2n) is 5.51. The summed E-state index contributed by atoms with van der Waals surface area (Å²) in [5.74, 6) is 0.323. The lowest BCUT2D eigenvalue weighted by molar-refractivity contribution is -0.153. The molecule has 0 aromatic carbocycles. The second-order valence-corrected chi connectivity index (χ2v) is 6.58. The van der Waals surface area contributed by atoms with Crippen LogP contribution in [0.2, 0.25) is 0 Å². The Bertz CT molecular complexity index is 452. The molecule has 0 saturated carbocycles. The maximum atomic E-state index is 11.6. The van der Waals surface area contributed by atoms with Gasteiger partial charge in [0.25, 0.3) is 0 Å². The van der Waals surface area contributed by atoms with Gasteiger partial charge in [-0.25, -0.2) is 0 Å². The number of hydrogen-bond acceptors (Lipinski definition) is 7. The highest BCUT2D eigenvalue weighted by molar-refractivity contribution is 7.15. The summed E-state index contributed by atoms with van der Waals surface area (Å²) in [6.45, 7) is 6.23. The normalized spacial score (nSPS) is 11.3. The molecule has 0 aliphatic carbocycles. The fourth-order valence-electron chi connectivity index (χ4n) is 1.44. The number of hydrogen-bond donors (Lipinski definition) is 1. The molecule has 0 unspecified atom stereocenters. The molecule has 0 fully saturated rings. The largest absolute Gasteiger partial charge is 0.480 e. The molecular formula is C13H23N3O3S. The van der Waals surface area contributed by atoms with E-state index in [2.05, 4.69) is 10.3 Å². The van der Waals surface area contributed by atoms with Crippen molar-refractivity contribution in [3.05, 3.63) is 4.88 Å². The molecule has 0 aliphatic rings. The van der Waals surface area contributed by atoms with Crippen molar-refractivity contribution >= 4 is 22.4 Å². The van der Waals surface area contributed by atoms with Gasteiger partial charge in [0.2, 0.25) is 5.88 Å². The lowest BCUT2D eigenvalue weighted by Crippen LogP contribution is -2.31. The average Bonchev–Trinajstić information content (AvgIpc) is 2.70. The van der Waals surface area contributed by atoms with Crippen LogP contribution >= 0.6 is 11.3 Å². The van der Waals surface area contributed by atoms with Gasteiger partial charge in [0.15, 0.2) is 5.13 Å². The highest BCUT2D eigenvalue weighted by Crippen LogP contribution is 2.30. The molecule has 0 spiro atoms. The van der Waals surface area contributed by atoms with Gasteiger partial charge in [0, 0.05) is 20.6 Å². The topological polar surface area (TPSA) is 63.7 Å². The molecule has 1 heterocycles. The molecule has 0 amide bonds. The summed E-state index contributed by atoms with van der Waals surface area (Å²) >= 11 is 1.53. The Morgan fingerprint density at radius 3 is 2.55 bits per heavy atom. The molecule has 0 saturated heterocycles. The maximum absolute atomic E-state index is 11.6. The summed E-state index contributed by atoms with van der Waals surface area (Å²) in [6, 6.07) is 0. The van der Waals surface area contributed by atoms with Crippen LogP contribution in [0, 0.1) is 0 Å². The van der Waals surface area contributed by atoms with Crippen molar-refractivity contribution in [2.24, 2.45) is 0 Å². The fraction of sp³-hybridized carbons (Fsp3) is 0.692. The van der Waals surface area contributed by atoms with Gasteiger partial charge in [-0.1, -0.05) is 11.3 Å². The van der Waals surface area contributed by atoms with Crippen molar-refractivity contribution in [1.82, 2.24) is 10.3 Å². The maximum Gasteiger partial charge on any atom is 0.320 e. The van der Waals surface area contributed by atoms with Crippen molar-refractivity contribution in [3.63, 3.8) is 0 Å². The van der Waals surface area contributed by atoms with E-state index in [0.29, 0.717) is 12.4 Å². The van der Waals surface area contributed by atoms with E-state index in [-0.39, 0.29) is 12.5 Å². The van der Waals surface area contributed by atoms with Crippen LogP contribution in [0.5, 0.6) is 5.88 Å². The highest BCUT2D eigenvalue weighted by atomic mass is 32.1. The van der Waals surface area contributed by atoms with E-state index in [1.54, 1.807) is 7.11 Å². The third-order valence-electron chi connectivity index (χ3n) is 2.20. The van der Waals surface area contributed by atoms with E-state index in [9.17, 15) is 4.79 Å². The molecule has 114 valence electrons. The first-order valence-electron chi connectivity index (χ1n) is 6.36. The van der Waals surface area contributed by atoms with E-state index in [4.69, 9.17) is 9.47 Å². The SMILES string of the molecule is COc1nc(N(C)C)sc1CNCC(=O)OC(C)(C)C. The number of carbonyl (C=O) groups excluding carboxylic acids is 1. The molecule has 1 aromatic rings. The Balaban J connectivity index is 2.51. The lowest BCUT2D eigenvalue weighted by atomic mass is 10.2. The molecule has 0 aliphatic heterocycles. The molecular weight excluding hydrogens is 278 g/mol. The number of nitrogens with one attached hydrogen (secondary N) is 1. The van der Waals surface area contributed by atoms with Crippen LogP contribution in [-0.2, 0) is 16.1 Å². The number of methoxy groups -OCH3 is 1. The number of anilines is 1. The van der Waals surface area contributed by atoms with E-state index in [0.717, 1.165) is 10.0 Å². The van der Waals surface area contributed by atoms with Crippen molar-refractivity contribution in [1.29, 1.82) is 0 Å². The van der Waals surface area contributed by atoms with Crippen molar-refractivity contribution in [2.45, 2.75) is 32.9 Å². The number of carbonyl (C=O) groups is 1. The van der Waals surface area contributed by atoms with E-state index >= 15 is 0 Å². The van der Waals surface area contributed by atoms with Crippen LogP contribution in [0.25, 0.3) is 0 Å². The van der Waals surface area contributed by atoms with E-state index in [1.807, 2.05) is 39.8 Å². The van der Waals surface area contributed by atoms with Crippen LogP contribution in [0.1, 0.15) is 25.6 Å². The number of ether oxygens (including phenoxy) is 2. The summed E-state index contributed by atoms with van der Waals surface area (Å²) in [5.41, 5.74) is -0.459. The summed E-state index contributed by atoms with van der Waals surface area (Å²) < 4.78 is 10.5. The first-order chi connectivity index (χ1) is 9.23. The predicted octanol–water partition coefficient (Wildman–Crippen LogP) is 1.65. The van der Waals surface area contributed by atoms with Crippen LogP contribution < -0.4 is 15.0 Å². The van der Waals surface area contributed by atoms with Gasteiger partial charge in [0.1, 0.15) is 5.60 Å². The third-order valence-corrected chi connectivity index (χ3v) is 3.41. The van der Waals surface area contributed by atoms with Gasteiger partial charge in [-0.3, -0.25) is 4.79 Å². The Labute approximate surface area is 124 Å². The standard InChI is InChI=1S/C13H23N3O3S/c1-13(2,3)19-10(17)8-14-7-9-11(18-6)15-12(20-9)16(4)5/h14H,7-8H2,1-6H3. The summed E-state index contributed by atoms with van der Waals surface area (Å²) in [4.78, 5) is 18.8. The second kappa shape index (κ2) is 6.90. The Morgan fingerprint density at radius 1 is 1.40 bits per heavy atom. The van der Waals surface area contributed by atoms with Gasteiger partial charge >= 0.3 is 5.97 Å². The minimum Gasteiger partial charge on any atom is -0.480 e. The summed E-state index contributed by atoms with van der Waals surface area (Å²) in [6.07, 6.45) is 0. The predicted molar refractivity (Wildman–Crippen MR) is 80.5 cm³/mol. The number of aromatic nitrogens is 1. The van der Waals surface area contributed by atoms with Crippen LogP contribution in [0.15, 0.2) is 0 Å². The zero-order chi connectivity index (χ0) is 15.3. The molecule has 1 rings (SSSR count). The molecule has 1 N–H and O–H groups in total. The zero-order valence-corrected chi connectivity index (χ0v) is 13.8. The first kappa shape index (κ1) is 16.7. The van der Waals surface area contributed by atoms with E-state index in [1.165, 1.54) is 11.3 Å². The van der Waals surface area contributed by atoms with Crippen molar-refractivity contribution in [2.75, 3.05) is 32.6 Å². The smallest absolute Gasteiger partial charge is 0.320 e. The number of nitrogens with zero attached hydrogens (tertiary/aromatic N) is 2. The summed E-state index contributed by atoms with van der Waals surface area (Å²) in [7, 11) is 5.44. The summed E-state index contributed by atoms with van der Waals surface area (Å²) in [5, 5.41) is 3.92. The molecule has 0 radical (unpaired) electrons. The van der Waals surface area contributed by atoms with Gasteiger partial charge in [-0.15, -0.1) is 0 Å².